The minimum absolute atomic E-state index is 0.00601. The molecule has 1 saturated carbocycles. The van der Waals surface area contributed by atoms with E-state index in [0.717, 1.165) is 13.1 Å². The zero-order chi connectivity index (χ0) is 19.3. The van der Waals surface area contributed by atoms with E-state index >= 15 is 0 Å². The molecular formula is C21H38N4O2. The molecule has 1 atom stereocenters. The number of hydrogen-bond donors (Lipinski definition) is 2. The van der Waals surface area contributed by atoms with Gasteiger partial charge in [0, 0.05) is 31.2 Å². The van der Waals surface area contributed by atoms with Crippen molar-refractivity contribution in [1.29, 1.82) is 0 Å². The smallest absolute Gasteiger partial charge is 0.237 e. The van der Waals surface area contributed by atoms with Crippen molar-refractivity contribution in [1.82, 2.24) is 20.4 Å². The Morgan fingerprint density at radius 3 is 2.44 bits per heavy atom. The van der Waals surface area contributed by atoms with Gasteiger partial charge in [0.2, 0.25) is 11.8 Å². The average Bonchev–Trinajstić information content (AvgIpc) is 2.69. The maximum atomic E-state index is 12.8. The molecule has 0 radical (unpaired) electrons. The van der Waals surface area contributed by atoms with Crippen LogP contribution in [0.2, 0.25) is 0 Å². The van der Waals surface area contributed by atoms with Crippen molar-refractivity contribution in [3.05, 3.63) is 0 Å². The first kappa shape index (κ1) is 20.6. The number of likely N-dealkylation sites (tertiary alicyclic amines) is 1. The fourth-order valence-electron chi connectivity index (χ4n) is 5.25. The number of rotatable bonds is 6. The third kappa shape index (κ3) is 5.02. The highest BCUT2D eigenvalue weighted by Gasteiger charge is 2.39. The van der Waals surface area contributed by atoms with Crippen LogP contribution in [0, 0.1) is 0 Å². The summed E-state index contributed by atoms with van der Waals surface area (Å²) in [6.45, 7) is 8.76. The second-order valence-corrected chi connectivity index (χ2v) is 8.95. The molecule has 6 nitrogen and oxygen atoms in total. The van der Waals surface area contributed by atoms with Gasteiger partial charge in [0.1, 0.15) is 0 Å². The Kier molecular flexibility index (Phi) is 7.15. The summed E-state index contributed by atoms with van der Waals surface area (Å²) in [5.41, 5.74) is 0.140. The molecule has 2 heterocycles. The Bertz CT molecular complexity index is 510. The Labute approximate surface area is 164 Å². The number of piperazine rings is 1. The zero-order valence-electron chi connectivity index (χ0n) is 17.3. The molecule has 1 unspecified atom stereocenters. The van der Waals surface area contributed by atoms with Gasteiger partial charge in [0.15, 0.2) is 0 Å². The van der Waals surface area contributed by atoms with Crippen LogP contribution in [-0.4, -0.2) is 72.0 Å². The first-order chi connectivity index (χ1) is 13.0. The van der Waals surface area contributed by atoms with Gasteiger partial charge in [-0.2, -0.15) is 0 Å². The van der Waals surface area contributed by atoms with Crippen LogP contribution in [0.1, 0.15) is 71.6 Å². The minimum atomic E-state index is -0.337. The average molecular weight is 379 g/mol. The minimum Gasteiger partial charge on any atom is -0.354 e. The second kappa shape index (κ2) is 9.37. The van der Waals surface area contributed by atoms with Crippen LogP contribution in [0.3, 0.4) is 0 Å². The highest BCUT2D eigenvalue weighted by Crippen LogP contribution is 2.35. The van der Waals surface area contributed by atoms with E-state index in [4.69, 9.17) is 0 Å². The molecule has 0 bridgehead atoms. The Morgan fingerprint density at radius 1 is 1.11 bits per heavy atom. The van der Waals surface area contributed by atoms with Crippen molar-refractivity contribution in [3.8, 4) is 0 Å². The van der Waals surface area contributed by atoms with E-state index in [0.29, 0.717) is 6.54 Å². The van der Waals surface area contributed by atoms with Crippen molar-refractivity contribution in [2.45, 2.75) is 89.3 Å². The number of nitrogens with one attached hydrogen (secondary N) is 2. The first-order valence-corrected chi connectivity index (χ1v) is 11.1. The second-order valence-electron chi connectivity index (χ2n) is 8.95. The van der Waals surface area contributed by atoms with Crippen LogP contribution in [0.15, 0.2) is 0 Å². The SMILES string of the molecule is CC(C)N1CCNC(=O)C1CC(=O)NCC1(N2CCCCC2)CCCCC1. The van der Waals surface area contributed by atoms with Gasteiger partial charge in [0.05, 0.1) is 12.5 Å². The van der Waals surface area contributed by atoms with Crippen LogP contribution in [0.5, 0.6) is 0 Å². The molecule has 2 saturated heterocycles. The van der Waals surface area contributed by atoms with Crippen LogP contribution in [0.25, 0.3) is 0 Å². The molecule has 27 heavy (non-hydrogen) atoms. The molecule has 0 spiro atoms. The van der Waals surface area contributed by atoms with E-state index in [1.807, 2.05) is 0 Å². The fraction of sp³-hybridized carbons (Fsp3) is 0.905. The summed E-state index contributed by atoms with van der Waals surface area (Å²) in [5, 5.41) is 6.15. The molecule has 0 aromatic rings. The van der Waals surface area contributed by atoms with Gasteiger partial charge in [-0.05, 0) is 52.6 Å². The molecule has 2 amide bonds. The van der Waals surface area contributed by atoms with E-state index in [2.05, 4.69) is 34.3 Å². The zero-order valence-corrected chi connectivity index (χ0v) is 17.3. The molecule has 154 valence electrons. The highest BCUT2D eigenvalue weighted by atomic mass is 16.2. The third-order valence-corrected chi connectivity index (χ3v) is 6.84. The Morgan fingerprint density at radius 2 is 1.78 bits per heavy atom. The number of carbonyl (C=O) groups is 2. The normalized spacial score (nSPS) is 27.4. The topological polar surface area (TPSA) is 64.7 Å². The van der Waals surface area contributed by atoms with Crippen LogP contribution >= 0.6 is 0 Å². The molecule has 2 aliphatic heterocycles. The molecule has 2 N–H and O–H groups in total. The van der Waals surface area contributed by atoms with Crippen molar-refractivity contribution >= 4 is 11.8 Å². The molecule has 0 aromatic carbocycles. The monoisotopic (exact) mass is 378 g/mol. The first-order valence-electron chi connectivity index (χ1n) is 11.1. The van der Waals surface area contributed by atoms with E-state index in [1.165, 1.54) is 64.5 Å². The summed E-state index contributed by atoms with van der Waals surface area (Å²) in [4.78, 5) is 29.9. The molecule has 3 aliphatic rings. The summed E-state index contributed by atoms with van der Waals surface area (Å²) in [6.07, 6.45) is 10.4. The van der Waals surface area contributed by atoms with Crippen molar-refractivity contribution in [2.75, 3.05) is 32.7 Å². The van der Waals surface area contributed by atoms with Gasteiger partial charge in [0.25, 0.3) is 0 Å². The van der Waals surface area contributed by atoms with E-state index in [9.17, 15) is 9.59 Å². The van der Waals surface area contributed by atoms with Crippen LogP contribution in [0.4, 0.5) is 0 Å². The number of amides is 2. The largest absolute Gasteiger partial charge is 0.354 e. The Balaban J connectivity index is 1.59. The maximum Gasteiger partial charge on any atom is 0.237 e. The van der Waals surface area contributed by atoms with Gasteiger partial charge in [-0.25, -0.2) is 0 Å². The van der Waals surface area contributed by atoms with Gasteiger partial charge < -0.3 is 10.6 Å². The fourth-order valence-corrected chi connectivity index (χ4v) is 5.25. The van der Waals surface area contributed by atoms with E-state index < -0.39 is 0 Å². The molecular weight excluding hydrogens is 340 g/mol. The molecule has 6 heteroatoms. The standard InChI is InChI=1S/C21H38N4O2/c1-17(2)25-14-11-22-20(27)18(25)15-19(26)23-16-21(9-5-3-6-10-21)24-12-7-4-8-13-24/h17-18H,3-16H2,1-2H3,(H,22,27)(H,23,26). The Hall–Kier alpha value is -1.14. The predicted molar refractivity (Wildman–Crippen MR) is 108 cm³/mol. The molecule has 0 aromatic heterocycles. The molecule has 3 rings (SSSR count). The number of nitrogens with zero attached hydrogens (tertiary/aromatic N) is 2. The lowest BCUT2D eigenvalue weighted by Gasteiger charge is -2.48. The van der Waals surface area contributed by atoms with Crippen LogP contribution in [-0.2, 0) is 9.59 Å². The highest BCUT2D eigenvalue weighted by molar-refractivity contribution is 5.88. The summed E-state index contributed by atoms with van der Waals surface area (Å²) in [5.74, 6) is 0.0122. The molecule has 1 aliphatic carbocycles. The van der Waals surface area contributed by atoms with Crippen molar-refractivity contribution in [3.63, 3.8) is 0 Å². The summed E-state index contributed by atoms with van der Waals surface area (Å²) < 4.78 is 0. The number of hydrogen-bond acceptors (Lipinski definition) is 4. The van der Waals surface area contributed by atoms with Crippen molar-refractivity contribution < 1.29 is 9.59 Å². The number of piperidine rings is 1. The third-order valence-electron chi connectivity index (χ3n) is 6.84. The summed E-state index contributed by atoms with van der Waals surface area (Å²) in [6, 6.07) is -0.0667. The lowest BCUT2D eigenvalue weighted by atomic mass is 9.79. The lowest BCUT2D eigenvalue weighted by molar-refractivity contribution is -0.135. The molecule has 3 fully saturated rings. The van der Waals surface area contributed by atoms with Gasteiger partial charge in [-0.1, -0.05) is 25.7 Å². The van der Waals surface area contributed by atoms with Crippen LogP contribution < -0.4 is 10.6 Å². The van der Waals surface area contributed by atoms with Gasteiger partial charge in [-0.15, -0.1) is 0 Å². The van der Waals surface area contributed by atoms with E-state index in [1.54, 1.807) is 0 Å². The maximum absolute atomic E-state index is 12.8. The van der Waals surface area contributed by atoms with E-state index in [-0.39, 0.29) is 35.9 Å². The van der Waals surface area contributed by atoms with Crippen molar-refractivity contribution in [2.24, 2.45) is 0 Å². The van der Waals surface area contributed by atoms with Gasteiger partial charge in [-0.3, -0.25) is 19.4 Å². The summed E-state index contributed by atoms with van der Waals surface area (Å²) >= 11 is 0. The summed E-state index contributed by atoms with van der Waals surface area (Å²) in [7, 11) is 0. The van der Waals surface area contributed by atoms with Gasteiger partial charge >= 0.3 is 0 Å². The lowest BCUT2D eigenvalue weighted by Crippen LogP contribution is -2.60. The predicted octanol–water partition coefficient (Wildman–Crippen LogP) is 1.89. The quantitative estimate of drug-likeness (QED) is 0.741. The number of carbonyl (C=O) groups excluding carboxylic acids is 2.